The van der Waals surface area contributed by atoms with Gasteiger partial charge in [-0.3, -0.25) is 0 Å². The monoisotopic (exact) mass is 286 g/mol. The molecule has 1 aromatic heterocycles. The van der Waals surface area contributed by atoms with E-state index in [0.29, 0.717) is 0 Å². The molecule has 0 aliphatic heterocycles. The number of aryl methyl sites for hydroxylation is 2. The van der Waals surface area contributed by atoms with Crippen LogP contribution in [0.25, 0.3) is 0 Å². The maximum absolute atomic E-state index is 8.83. The summed E-state index contributed by atoms with van der Waals surface area (Å²) in [5.41, 5.74) is 1.39. The molecule has 104 valence electrons. The molecule has 0 saturated carbocycles. The van der Waals surface area contributed by atoms with Crippen LogP contribution in [0.4, 0.5) is 0 Å². The van der Waals surface area contributed by atoms with Gasteiger partial charge < -0.3 is 0 Å². The summed E-state index contributed by atoms with van der Waals surface area (Å²) < 4.78 is 32.4. The third kappa shape index (κ3) is 9.12. The van der Waals surface area contributed by atoms with Gasteiger partial charge in [-0.05, 0) is 5.56 Å². The molecule has 0 atom stereocenters. The van der Waals surface area contributed by atoms with Gasteiger partial charge in [-0.1, -0.05) is 36.4 Å². The average Bonchev–Trinajstić information content (AvgIpc) is 2.37. The molecule has 0 amide bonds. The van der Waals surface area contributed by atoms with Crippen molar-refractivity contribution in [3.05, 3.63) is 66.5 Å². The van der Waals surface area contributed by atoms with Gasteiger partial charge in [0, 0.05) is 18.6 Å². The van der Waals surface area contributed by atoms with Crippen molar-refractivity contribution in [2.24, 2.45) is 0 Å². The predicted octanol–water partition coefficient (Wildman–Crippen LogP) is -0.643. The number of hydrogen-bond acceptors (Lipinski definition) is 4. The van der Waals surface area contributed by atoms with Crippen molar-refractivity contribution < 1.29 is 33.4 Å². The molecule has 19 heavy (non-hydrogen) atoms. The fourth-order valence-corrected chi connectivity index (χ4v) is 1.49. The van der Waals surface area contributed by atoms with Crippen LogP contribution < -0.4 is 9.23 Å². The van der Waals surface area contributed by atoms with Gasteiger partial charge in [0.25, 0.3) is 0 Å². The van der Waals surface area contributed by atoms with Gasteiger partial charge in [0.15, 0.2) is 18.9 Å². The third-order valence-electron chi connectivity index (χ3n) is 2.28. The maximum Gasteiger partial charge on any atom is 0.168 e. The Balaban J connectivity index is 0.000000312. The smallest absolute Gasteiger partial charge is 0.168 e. The van der Waals surface area contributed by atoms with E-state index in [2.05, 4.69) is 59.4 Å². The summed E-state index contributed by atoms with van der Waals surface area (Å²) >= 11 is 0. The van der Waals surface area contributed by atoms with Gasteiger partial charge in [-0.25, -0.2) is 4.57 Å². The van der Waals surface area contributed by atoms with E-state index in [4.69, 9.17) is 18.6 Å². The number of rotatable bonds is 3. The normalized spacial score (nSPS) is 11.4. The second-order valence-corrected chi connectivity index (χ2v) is 4.65. The number of nitrogens with zero attached hydrogens (tertiary/aromatic N) is 1. The van der Waals surface area contributed by atoms with E-state index < -0.39 is 10.2 Å². The first-order chi connectivity index (χ1) is 8.95. The van der Waals surface area contributed by atoms with Crippen molar-refractivity contribution in [1.82, 2.24) is 0 Å². The largest absolute Gasteiger partial charge is 0.205 e. The van der Waals surface area contributed by atoms with Crippen LogP contribution in [0.1, 0.15) is 5.56 Å². The summed E-state index contributed by atoms with van der Waals surface area (Å²) in [5.74, 6) is 0. The molecule has 0 aliphatic rings. The third-order valence-corrected chi connectivity index (χ3v) is 2.28. The first kappa shape index (κ1) is 15.6. The number of halogens is 1. The van der Waals surface area contributed by atoms with E-state index in [-0.39, 0.29) is 0 Å². The number of aromatic nitrogens is 1. The summed E-state index contributed by atoms with van der Waals surface area (Å²) in [4.78, 5) is 0. The summed E-state index contributed by atoms with van der Waals surface area (Å²) in [7, 11) is -4.19. The van der Waals surface area contributed by atoms with Crippen LogP contribution in [0.5, 0.6) is 0 Å². The zero-order valence-corrected chi connectivity index (χ0v) is 11.0. The zero-order chi connectivity index (χ0) is 14.1. The van der Waals surface area contributed by atoms with Gasteiger partial charge in [0.05, 0.1) is 0 Å². The second kappa shape index (κ2) is 7.83. The van der Waals surface area contributed by atoms with Crippen LogP contribution in [0, 0.1) is 10.2 Å². The molecule has 2 rings (SSSR count). The molecule has 0 aliphatic carbocycles. The molecule has 0 bridgehead atoms. The Labute approximate surface area is 113 Å². The molecule has 0 fully saturated rings. The first-order valence-corrected chi connectivity index (χ1v) is 6.91. The van der Waals surface area contributed by atoms with Gasteiger partial charge in [0.1, 0.15) is 0 Å². The summed E-state index contributed by atoms with van der Waals surface area (Å²) in [6.45, 7) is 1.05. The average molecular weight is 287 g/mol. The van der Waals surface area contributed by atoms with E-state index in [1.54, 1.807) is 0 Å². The van der Waals surface area contributed by atoms with E-state index in [1.165, 1.54) is 5.56 Å². The zero-order valence-electron chi connectivity index (χ0n) is 10.3. The van der Waals surface area contributed by atoms with Gasteiger partial charge in [0.2, 0.25) is 0 Å². The Morgan fingerprint density at radius 1 is 0.895 bits per heavy atom. The minimum absolute atomic E-state index is 1.05. The van der Waals surface area contributed by atoms with E-state index in [0.717, 1.165) is 13.0 Å². The van der Waals surface area contributed by atoms with Crippen LogP contribution in [-0.2, 0) is 13.0 Å². The Morgan fingerprint density at radius 3 is 1.89 bits per heavy atom. The molecule has 1 heterocycles. The molecule has 5 nitrogen and oxygen atoms in total. The van der Waals surface area contributed by atoms with Crippen molar-refractivity contribution in [2.75, 3.05) is 0 Å². The Hall–Kier alpha value is -1.50. The van der Waals surface area contributed by atoms with E-state index in [9.17, 15) is 0 Å². The van der Waals surface area contributed by atoms with Crippen molar-refractivity contribution in [1.29, 1.82) is 0 Å². The first-order valence-electron chi connectivity index (χ1n) is 5.59. The van der Waals surface area contributed by atoms with E-state index >= 15 is 0 Å². The minimum atomic E-state index is -4.19. The van der Waals surface area contributed by atoms with Crippen molar-refractivity contribution in [3.63, 3.8) is 0 Å². The standard InChI is InChI=1S/C13H14N.ClH3O4/c1-3-7-13(8-4-1)9-12-14-10-5-2-6-11-14;2-1(3,4)5/h1-8,10-11H,9,12H2;2-4H/q+1;. The van der Waals surface area contributed by atoms with Crippen molar-refractivity contribution >= 4 is 0 Å². The van der Waals surface area contributed by atoms with Crippen LogP contribution in [0.15, 0.2) is 60.9 Å². The molecule has 0 saturated heterocycles. The second-order valence-electron chi connectivity index (χ2n) is 3.78. The fraction of sp³-hybridized carbons (Fsp3) is 0.154. The molecule has 0 unspecified atom stereocenters. The van der Waals surface area contributed by atoms with Crippen molar-refractivity contribution in [2.45, 2.75) is 13.0 Å². The summed E-state index contributed by atoms with van der Waals surface area (Å²) in [6, 6.07) is 16.7. The molecule has 1 aromatic carbocycles. The Bertz CT molecular complexity index is 414. The number of pyridine rings is 1. The molecule has 3 N–H and O–H groups in total. The number of hydrogen-bond donors (Lipinski definition) is 3. The topological polar surface area (TPSA) is 87.6 Å². The molecule has 6 heteroatoms. The number of benzene rings is 1. The van der Waals surface area contributed by atoms with Crippen molar-refractivity contribution in [3.8, 4) is 0 Å². The van der Waals surface area contributed by atoms with Crippen LogP contribution >= 0.6 is 0 Å². The molecule has 0 radical (unpaired) electrons. The predicted molar refractivity (Wildman–Crippen MR) is 63.4 cm³/mol. The van der Waals surface area contributed by atoms with E-state index in [1.807, 2.05) is 6.07 Å². The van der Waals surface area contributed by atoms with Gasteiger partial charge in [-0.2, -0.15) is 0 Å². The molecule has 0 spiro atoms. The summed E-state index contributed by atoms with van der Waals surface area (Å²) in [6.07, 6.45) is 5.29. The Morgan fingerprint density at radius 2 is 1.37 bits per heavy atom. The van der Waals surface area contributed by atoms with Crippen LogP contribution in [0.2, 0.25) is 0 Å². The Kier molecular flexibility index (Phi) is 6.41. The molecular weight excluding hydrogens is 270 g/mol. The maximum atomic E-state index is 8.83. The van der Waals surface area contributed by atoms with Crippen LogP contribution in [-0.4, -0.2) is 14.0 Å². The minimum Gasteiger partial charge on any atom is -0.205 e. The SMILES string of the molecule is [O-][Cl+](O)(O)O.c1ccc(CC[n+]2ccccc2)cc1. The summed E-state index contributed by atoms with van der Waals surface area (Å²) in [5, 5.41) is 0. The quantitative estimate of drug-likeness (QED) is 0.655. The molecule has 2 aromatic rings. The van der Waals surface area contributed by atoms with Gasteiger partial charge >= 0.3 is 28.9 Å². The fourth-order valence-electron chi connectivity index (χ4n) is 1.49. The molecular formula is C13H17ClNO4+. The van der Waals surface area contributed by atoms with Crippen LogP contribution in [0.3, 0.4) is 0 Å². The van der Waals surface area contributed by atoms with Gasteiger partial charge in [-0.15, -0.1) is 0 Å².